The van der Waals surface area contributed by atoms with Crippen molar-refractivity contribution in [2.75, 3.05) is 6.54 Å². The van der Waals surface area contributed by atoms with Crippen LogP contribution in [0.15, 0.2) is 65.2 Å². The summed E-state index contributed by atoms with van der Waals surface area (Å²) in [5.74, 6) is 0. The first-order valence-corrected chi connectivity index (χ1v) is 6.70. The molecule has 0 saturated carbocycles. The molecule has 0 aliphatic carbocycles. The standard InChI is InChI=1S/C18H17N/c1-14-7-9-15(10-8-14)13-17-11-12-19-18(17)16-5-3-2-4-6-16/h2-10,13H,11-12H2,1H3/b17-13-. The summed E-state index contributed by atoms with van der Waals surface area (Å²) >= 11 is 0. The molecule has 0 saturated heterocycles. The normalized spacial score (nSPS) is 16.7. The highest BCUT2D eigenvalue weighted by Crippen LogP contribution is 2.22. The van der Waals surface area contributed by atoms with Gasteiger partial charge in [-0.25, -0.2) is 0 Å². The largest absolute Gasteiger partial charge is 0.284 e. The van der Waals surface area contributed by atoms with E-state index in [1.807, 2.05) is 6.07 Å². The molecule has 0 amide bonds. The fraction of sp³-hybridized carbons (Fsp3) is 0.167. The molecule has 2 aromatic carbocycles. The van der Waals surface area contributed by atoms with Gasteiger partial charge in [-0.05, 0) is 36.1 Å². The van der Waals surface area contributed by atoms with Gasteiger partial charge in [-0.3, -0.25) is 4.99 Å². The molecular formula is C18H17N. The minimum absolute atomic E-state index is 0.905. The second kappa shape index (κ2) is 5.23. The Hall–Kier alpha value is -2.15. The lowest BCUT2D eigenvalue weighted by Gasteiger charge is -2.04. The van der Waals surface area contributed by atoms with Gasteiger partial charge in [-0.2, -0.15) is 0 Å². The highest BCUT2D eigenvalue weighted by Gasteiger charge is 2.14. The third-order valence-electron chi connectivity index (χ3n) is 3.42. The van der Waals surface area contributed by atoms with Crippen LogP contribution >= 0.6 is 0 Å². The molecular weight excluding hydrogens is 230 g/mol. The molecule has 0 atom stereocenters. The number of rotatable bonds is 2. The van der Waals surface area contributed by atoms with Crippen LogP contribution in [0.1, 0.15) is 23.1 Å². The van der Waals surface area contributed by atoms with E-state index in [0.29, 0.717) is 0 Å². The van der Waals surface area contributed by atoms with Gasteiger partial charge in [0, 0.05) is 6.54 Å². The van der Waals surface area contributed by atoms with Gasteiger partial charge in [-0.1, -0.05) is 60.2 Å². The van der Waals surface area contributed by atoms with Gasteiger partial charge in [0.05, 0.1) is 5.71 Å². The molecule has 3 rings (SSSR count). The van der Waals surface area contributed by atoms with Gasteiger partial charge in [0.15, 0.2) is 0 Å². The second-order valence-electron chi connectivity index (χ2n) is 4.93. The van der Waals surface area contributed by atoms with E-state index in [-0.39, 0.29) is 0 Å². The number of benzene rings is 2. The summed E-state index contributed by atoms with van der Waals surface area (Å²) in [7, 11) is 0. The smallest absolute Gasteiger partial charge is 0.0679 e. The average molecular weight is 247 g/mol. The molecule has 0 spiro atoms. The summed E-state index contributed by atoms with van der Waals surface area (Å²) in [4.78, 5) is 4.65. The average Bonchev–Trinajstić information content (AvgIpc) is 2.90. The molecule has 1 aliphatic heterocycles. The van der Waals surface area contributed by atoms with E-state index in [1.165, 1.54) is 22.3 Å². The fourth-order valence-corrected chi connectivity index (χ4v) is 2.39. The highest BCUT2D eigenvalue weighted by atomic mass is 14.8. The van der Waals surface area contributed by atoms with Crippen molar-refractivity contribution in [2.24, 2.45) is 4.99 Å². The van der Waals surface area contributed by atoms with Gasteiger partial charge in [0.25, 0.3) is 0 Å². The Balaban J connectivity index is 1.93. The van der Waals surface area contributed by atoms with Gasteiger partial charge in [0.1, 0.15) is 0 Å². The molecule has 1 nitrogen and oxygen atoms in total. The van der Waals surface area contributed by atoms with Crippen molar-refractivity contribution in [1.29, 1.82) is 0 Å². The van der Waals surface area contributed by atoms with Gasteiger partial charge in [-0.15, -0.1) is 0 Å². The number of hydrogen-bond acceptors (Lipinski definition) is 1. The molecule has 19 heavy (non-hydrogen) atoms. The van der Waals surface area contributed by atoms with Crippen molar-refractivity contribution in [3.8, 4) is 0 Å². The lowest BCUT2D eigenvalue weighted by molar-refractivity contribution is 1.05. The highest BCUT2D eigenvalue weighted by molar-refractivity contribution is 6.16. The van der Waals surface area contributed by atoms with E-state index >= 15 is 0 Å². The molecule has 0 N–H and O–H groups in total. The third-order valence-corrected chi connectivity index (χ3v) is 3.42. The van der Waals surface area contributed by atoms with E-state index in [2.05, 4.69) is 66.5 Å². The monoisotopic (exact) mass is 247 g/mol. The van der Waals surface area contributed by atoms with Crippen molar-refractivity contribution < 1.29 is 0 Å². The van der Waals surface area contributed by atoms with Crippen molar-refractivity contribution in [3.63, 3.8) is 0 Å². The van der Waals surface area contributed by atoms with E-state index in [4.69, 9.17) is 0 Å². The SMILES string of the molecule is Cc1ccc(/C=C2/CCN=C2c2ccccc2)cc1. The number of nitrogens with zero attached hydrogens (tertiary/aromatic N) is 1. The first-order chi connectivity index (χ1) is 9.33. The van der Waals surface area contributed by atoms with Crippen LogP contribution in [0.25, 0.3) is 6.08 Å². The number of aliphatic imine (C=N–C) groups is 1. The van der Waals surface area contributed by atoms with E-state index in [0.717, 1.165) is 18.7 Å². The zero-order chi connectivity index (χ0) is 13.1. The lowest BCUT2D eigenvalue weighted by Crippen LogP contribution is -1.99. The van der Waals surface area contributed by atoms with Gasteiger partial charge < -0.3 is 0 Å². The molecule has 0 aromatic heterocycles. The molecule has 1 heterocycles. The van der Waals surface area contributed by atoms with Crippen molar-refractivity contribution >= 4 is 11.8 Å². The van der Waals surface area contributed by atoms with Crippen LogP contribution in [0.2, 0.25) is 0 Å². The van der Waals surface area contributed by atoms with Crippen LogP contribution in [0.5, 0.6) is 0 Å². The molecule has 94 valence electrons. The Bertz CT molecular complexity index is 618. The summed E-state index contributed by atoms with van der Waals surface area (Å²) in [6.45, 7) is 3.02. The van der Waals surface area contributed by atoms with Crippen LogP contribution in [0.3, 0.4) is 0 Å². The predicted molar refractivity (Wildman–Crippen MR) is 81.6 cm³/mol. The van der Waals surface area contributed by atoms with Crippen LogP contribution in [0.4, 0.5) is 0 Å². The van der Waals surface area contributed by atoms with Crippen LogP contribution in [-0.2, 0) is 0 Å². The van der Waals surface area contributed by atoms with Crippen molar-refractivity contribution in [2.45, 2.75) is 13.3 Å². The minimum Gasteiger partial charge on any atom is -0.284 e. The lowest BCUT2D eigenvalue weighted by atomic mass is 9.99. The minimum atomic E-state index is 0.905. The Morgan fingerprint density at radius 2 is 1.68 bits per heavy atom. The molecule has 0 bridgehead atoms. The molecule has 1 heteroatoms. The topological polar surface area (TPSA) is 12.4 Å². The van der Waals surface area contributed by atoms with Crippen LogP contribution in [-0.4, -0.2) is 12.3 Å². The molecule has 1 aliphatic rings. The van der Waals surface area contributed by atoms with Crippen LogP contribution < -0.4 is 0 Å². The second-order valence-corrected chi connectivity index (χ2v) is 4.93. The maximum Gasteiger partial charge on any atom is 0.0679 e. The first kappa shape index (κ1) is 11.9. The summed E-state index contributed by atoms with van der Waals surface area (Å²) in [5, 5.41) is 0. The summed E-state index contributed by atoms with van der Waals surface area (Å²) in [5.41, 5.74) is 6.27. The Labute approximate surface area is 114 Å². The zero-order valence-corrected chi connectivity index (χ0v) is 11.1. The van der Waals surface area contributed by atoms with Crippen LogP contribution in [0, 0.1) is 6.92 Å². The maximum atomic E-state index is 4.65. The maximum absolute atomic E-state index is 4.65. The number of aryl methyl sites for hydroxylation is 1. The van der Waals surface area contributed by atoms with E-state index in [1.54, 1.807) is 0 Å². The molecule has 0 fully saturated rings. The molecule has 0 unspecified atom stereocenters. The van der Waals surface area contributed by atoms with Gasteiger partial charge in [0.2, 0.25) is 0 Å². The molecule has 0 radical (unpaired) electrons. The van der Waals surface area contributed by atoms with E-state index in [9.17, 15) is 0 Å². The first-order valence-electron chi connectivity index (χ1n) is 6.70. The predicted octanol–water partition coefficient (Wildman–Crippen LogP) is 4.27. The summed E-state index contributed by atoms with van der Waals surface area (Å²) in [6.07, 6.45) is 3.30. The third kappa shape index (κ3) is 2.65. The summed E-state index contributed by atoms with van der Waals surface area (Å²) < 4.78 is 0. The zero-order valence-electron chi connectivity index (χ0n) is 11.1. The van der Waals surface area contributed by atoms with Crippen molar-refractivity contribution in [3.05, 3.63) is 76.9 Å². The number of hydrogen-bond donors (Lipinski definition) is 0. The summed E-state index contributed by atoms with van der Waals surface area (Å²) in [6, 6.07) is 19.1. The quantitative estimate of drug-likeness (QED) is 0.751. The van der Waals surface area contributed by atoms with Gasteiger partial charge >= 0.3 is 0 Å². The Kier molecular flexibility index (Phi) is 3.28. The Morgan fingerprint density at radius 3 is 2.42 bits per heavy atom. The Morgan fingerprint density at radius 1 is 0.947 bits per heavy atom. The fourth-order valence-electron chi connectivity index (χ4n) is 2.39. The molecule has 2 aromatic rings. The van der Waals surface area contributed by atoms with E-state index < -0.39 is 0 Å². The van der Waals surface area contributed by atoms with Crippen molar-refractivity contribution in [1.82, 2.24) is 0 Å².